The van der Waals surface area contributed by atoms with Crippen molar-refractivity contribution in [3.05, 3.63) is 7.11 Å². The molecule has 0 spiro atoms. The summed E-state index contributed by atoms with van der Waals surface area (Å²) >= 11 is 0. The highest BCUT2D eigenvalue weighted by Crippen LogP contribution is 2.08. The van der Waals surface area contributed by atoms with E-state index in [0.717, 1.165) is 26.1 Å². The van der Waals surface area contributed by atoms with Crippen LogP contribution in [0.25, 0.3) is 0 Å². The minimum atomic E-state index is 0.253. The quantitative estimate of drug-likeness (QED) is 0.507. The van der Waals surface area contributed by atoms with Gasteiger partial charge in [0.25, 0.3) is 0 Å². The van der Waals surface area contributed by atoms with E-state index in [1.54, 1.807) is 0 Å². The summed E-state index contributed by atoms with van der Waals surface area (Å²) in [4.78, 5) is 0. The van der Waals surface area contributed by atoms with Crippen LogP contribution in [0, 0.1) is 7.11 Å². The summed E-state index contributed by atoms with van der Waals surface area (Å²) in [6.45, 7) is 1.61. The lowest BCUT2D eigenvalue weighted by molar-refractivity contribution is -0.0156. The molecule has 1 aliphatic heterocycles. The standard InChI is InChI=1S/C6H11O2/c1-7-6-3-2-4-8-5-6/h6H,1-5H2/t6-/m1/s1. The summed E-state index contributed by atoms with van der Waals surface area (Å²) in [5.74, 6) is 0. The van der Waals surface area contributed by atoms with Gasteiger partial charge in [-0.25, -0.2) is 0 Å². The molecule has 0 amide bonds. The molecule has 0 saturated carbocycles. The summed E-state index contributed by atoms with van der Waals surface area (Å²) in [6, 6.07) is 0. The zero-order valence-corrected chi connectivity index (χ0v) is 4.93. The lowest BCUT2D eigenvalue weighted by Crippen LogP contribution is -2.23. The Kier molecular flexibility index (Phi) is 2.30. The maximum absolute atomic E-state index is 5.11. The molecule has 0 aromatic heterocycles. The first kappa shape index (κ1) is 6.05. The summed E-state index contributed by atoms with van der Waals surface area (Å²) in [6.07, 6.45) is 2.47. The van der Waals surface area contributed by atoms with E-state index in [4.69, 9.17) is 9.47 Å². The predicted molar refractivity (Wildman–Crippen MR) is 30.3 cm³/mol. The Balaban J connectivity index is 2.13. The van der Waals surface area contributed by atoms with Gasteiger partial charge in [-0.3, -0.25) is 0 Å². The molecule has 1 radical (unpaired) electrons. The monoisotopic (exact) mass is 115 g/mol. The van der Waals surface area contributed by atoms with E-state index in [2.05, 4.69) is 7.11 Å². The van der Waals surface area contributed by atoms with Crippen LogP contribution in [0.2, 0.25) is 0 Å². The molecule has 1 heterocycles. The molecule has 0 bridgehead atoms. The molecule has 1 saturated heterocycles. The topological polar surface area (TPSA) is 18.5 Å². The molecule has 1 rings (SSSR count). The van der Waals surface area contributed by atoms with Crippen molar-refractivity contribution >= 4 is 0 Å². The lowest BCUT2D eigenvalue weighted by Gasteiger charge is -2.19. The molecule has 8 heavy (non-hydrogen) atoms. The molecule has 1 aliphatic rings. The van der Waals surface area contributed by atoms with E-state index >= 15 is 0 Å². The average Bonchev–Trinajstić information content (AvgIpc) is 1.90. The van der Waals surface area contributed by atoms with Gasteiger partial charge in [-0.15, -0.1) is 0 Å². The van der Waals surface area contributed by atoms with Crippen molar-refractivity contribution in [1.82, 2.24) is 0 Å². The van der Waals surface area contributed by atoms with Crippen LogP contribution in [0.1, 0.15) is 12.8 Å². The van der Waals surface area contributed by atoms with E-state index in [-0.39, 0.29) is 6.10 Å². The maximum atomic E-state index is 5.11. The molecule has 0 N–H and O–H groups in total. The molecule has 2 heteroatoms. The Morgan fingerprint density at radius 1 is 1.62 bits per heavy atom. The van der Waals surface area contributed by atoms with Crippen molar-refractivity contribution in [1.29, 1.82) is 0 Å². The van der Waals surface area contributed by atoms with Crippen LogP contribution in [0.3, 0.4) is 0 Å². The van der Waals surface area contributed by atoms with E-state index in [0.29, 0.717) is 0 Å². The Morgan fingerprint density at radius 3 is 2.88 bits per heavy atom. The second-order valence-corrected chi connectivity index (χ2v) is 2.01. The SMILES string of the molecule is [CH2]O[C@@H]1CCCOC1. The van der Waals surface area contributed by atoms with Crippen LogP contribution in [-0.2, 0) is 9.47 Å². The molecule has 0 aromatic rings. The van der Waals surface area contributed by atoms with Crippen molar-refractivity contribution in [2.45, 2.75) is 18.9 Å². The molecule has 2 nitrogen and oxygen atoms in total. The minimum Gasteiger partial charge on any atom is -0.379 e. The molecule has 1 atom stereocenters. The molecule has 47 valence electrons. The molecule has 0 aromatic carbocycles. The highest BCUT2D eigenvalue weighted by molar-refractivity contribution is 4.60. The lowest BCUT2D eigenvalue weighted by atomic mass is 10.2. The van der Waals surface area contributed by atoms with E-state index in [9.17, 15) is 0 Å². The largest absolute Gasteiger partial charge is 0.379 e. The number of hydrogen-bond acceptors (Lipinski definition) is 2. The van der Waals surface area contributed by atoms with Crippen molar-refractivity contribution in [2.75, 3.05) is 13.2 Å². The van der Waals surface area contributed by atoms with Gasteiger partial charge >= 0.3 is 0 Å². The molecule has 1 fully saturated rings. The van der Waals surface area contributed by atoms with Crippen LogP contribution < -0.4 is 0 Å². The van der Waals surface area contributed by atoms with Gasteiger partial charge in [-0.2, -0.15) is 0 Å². The Hall–Kier alpha value is -0.0800. The Labute approximate surface area is 49.8 Å². The van der Waals surface area contributed by atoms with Crippen molar-refractivity contribution < 1.29 is 9.47 Å². The molecule has 0 unspecified atom stereocenters. The summed E-state index contributed by atoms with van der Waals surface area (Å²) in [5, 5.41) is 0. The fourth-order valence-corrected chi connectivity index (χ4v) is 0.843. The van der Waals surface area contributed by atoms with Gasteiger partial charge in [0, 0.05) is 6.61 Å². The van der Waals surface area contributed by atoms with Gasteiger partial charge in [0.1, 0.15) is 0 Å². The molecular weight excluding hydrogens is 104 g/mol. The van der Waals surface area contributed by atoms with E-state index in [1.807, 2.05) is 0 Å². The van der Waals surface area contributed by atoms with Gasteiger partial charge in [0.05, 0.1) is 19.8 Å². The predicted octanol–water partition coefficient (Wildman–Crippen LogP) is 0.974. The molecule has 0 aliphatic carbocycles. The smallest absolute Gasteiger partial charge is 0.0810 e. The first-order chi connectivity index (χ1) is 3.93. The van der Waals surface area contributed by atoms with Crippen molar-refractivity contribution in [3.8, 4) is 0 Å². The van der Waals surface area contributed by atoms with Crippen LogP contribution in [0.15, 0.2) is 0 Å². The van der Waals surface area contributed by atoms with Gasteiger partial charge in [0.15, 0.2) is 0 Å². The number of hydrogen-bond donors (Lipinski definition) is 0. The minimum absolute atomic E-state index is 0.253. The average molecular weight is 115 g/mol. The second-order valence-electron chi connectivity index (χ2n) is 2.01. The normalized spacial score (nSPS) is 30.4. The third-order valence-electron chi connectivity index (χ3n) is 1.35. The van der Waals surface area contributed by atoms with Crippen LogP contribution in [-0.4, -0.2) is 19.3 Å². The van der Waals surface area contributed by atoms with Crippen molar-refractivity contribution in [3.63, 3.8) is 0 Å². The van der Waals surface area contributed by atoms with Gasteiger partial charge in [-0.05, 0) is 12.8 Å². The van der Waals surface area contributed by atoms with Gasteiger partial charge in [0.2, 0.25) is 0 Å². The third-order valence-corrected chi connectivity index (χ3v) is 1.35. The van der Waals surface area contributed by atoms with Gasteiger partial charge < -0.3 is 9.47 Å². The van der Waals surface area contributed by atoms with Gasteiger partial charge in [-0.1, -0.05) is 0 Å². The highest BCUT2D eigenvalue weighted by atomic mass is 16.5. The van der Waals surface area contributed by atoms with Crippen molar-refractivity contribution in [2.24, 2.45) is 0 Å². The maximum Gasteiger partial charge on any atom is 0.0810 e. The first-order valence-corrected chi connectivity index (χ1v) is 2.92. The summed E-state index contributed by atoms with van der Waals surface area (Å²) < 4.78 is 9.92. The Bertz CT molecular complexity index is 57.5. The second kappa shape index (κ2) is 3.05. The van der Waals surface area contributed by atoms with E-state index < -0.39 is 0 Å². The van der Waals surface area contributed by atoms with Crippen LogP contribution in [0.5, 0.6) is 0 Å². The highest BCUT2D eigenvalue weighted by Gasteiger charge is 2.11. The Morgan fingerprint density at radius 2 is 2.50 bits per heavy atom. The zero-order valence-electron chi connectivity index (χ0n) is 4.93. The fraction of sp³-hybridized carbons (Fsp3) is 0.833. The summed E-state index contributed by atoms with van der Waals surface area (Å²) in [5.41, 5.74) is 0. The zero-order chi connectivity index (χ0) is 5.82. The fourth-order valence-electron chi connectivity index (χ4n) is 0.843. The first-order valence-electron chi connectivity index (χ1n) is 2.92. The molecular formula is C6H11O2. The number of rotatable bonds is 1. The van der Waals surface area contributed by atoms with Crippen LogP contribution >= 0.6 is 0 Å². The third kappa shape index (κ3) is 1.46. The van der Waals surface area contributed by atoms with Crippen LogP contribution in [0.4, 0.5) is 0 Å². The number of ether oxygens (including phenoxy) is 2. The summed E-state index contributed by atoms with van der Waals surface area (Å²) in [7, 11) is 3.33. The van der Waals surface area contributed by atoms with E-state index in [1.165, 1.54) is 0 Å².